The largest absolute Gasteiger partial charge is 0.444 e. The zero-order valence-corrected chi connectivity index (χ0v) is 12.9. The lowest BCUT2D eigenvalue weighted by Crippen LogP contribution is -2.43. The maximum absolute atomic E-state index is 12.3. The smallest absolute Gasteiger partial charge is 0.410 e. The quantitative estimate of drug-likeness (QED) is 0.856. The Morgan fingerprint density at radius 1 is 1.37 bits per heavy atom. The molecule has 0 aliphatic carbocycles. The third kappa shape index (κ3) is 6.28. The van der Waals surface area contributed by atoms with Crippen LogP contribution >= 0.6 is 0 Å². The Bertz CT molecular complexity index is 284. The molecule has 4 nitrogen and oxygen atoms in total. The van der Waals surface area contributed by atoms with Gasteiger partial charge in [-0.25, -0.2) is 4.79 Å². The molecule has 1 heterocycles. The molecule has 1 saturated heterocycles. The first-order valence-electron chi connectivity index (χ1n) is 7.55. The fourth-order valence-electron chi connectivity index (χ4n) is 2.49. The summed E-state index contributed by atoms with van der Waals surface area (Å²) in [5, 5.41) is 0. The summed E-state index contributed by atoms with van der Waals surface area (Å²) in [6, 6.07) is 0.493. The predicted molar refractivity (Wildman–Crippen MR) is 78.1 cm³/mol. The molecule has 2 atom stereocenters. The van der Waals surface area contributed by atoms with Gasteiger partial charge >= 0.3 is 6.09 Å². The van der Waals surface area contributed by atoms with E-state index in [1.54, 1.807) is 0 Å². The van der Waals surface area contributed by atoms with Gasteiger partial charge in [-0.2, -0.15) is 0 Å². The lowest BCUT2D eigenvalue weighted by Gasteiger charge is -2.32. The summed E-state index contributed by atoms with van der Waals surface area (Å²) in [5.41, 5.74) is 5.42. The molecule has 1 amide bonds. The minimum atomic E-state index is -0.422. The SMILES string of the molecule is CC(N)CCC1CCCCCN1C(=O)OC(C)(C)C. The summed E-state index contributed by atoms with van der Waals surface area (Å²) < 4.78 is 5.53. The number of ether oxygens (including phenoxy) is 1. The van der Waals surface area contributed by atoms with Gasteiger partial charge in [0.1, 0.15) is 5.60 Å². The topological polar surface area (TPSA) is 55.6 Å². The van der Waals surface area contributed by atoms with E-state index >= 15 is 0 Å². The van der Waals surface area contributed by atoms with Crippen molar-refractivity contribution >= 4 is 6.09 Å². The zero-order chi connectivity index (χ0) is 14.5. The minimum absolute atomic E-state index is 0.163. The number of carbonyl (C=O) groups is 1. The molecular weight excluding hydrogens is 240 g/mol. The summed E-state index contributed by atoms with van der Waals surface area (Å²) >= 11 is 0. The summed E-state index contributed by atoms with van der Waals surface area (Å²) in [4.78, 5) is 14.2. The van der Waals surface area contributed by atoms with Gasteiger partial charge in [-0.05, 0) is 53.4 Å². The van der Waals surface area contributed by atoms with Gasteiger partial charge in [-0.1, -0.05) is 12.8 Å². The van der Waals surface area contributed by atoms with Crippen LogP contribution in [0.1, 0.15) is 66.2 Å². The molecule has 0 spiro atoms. The van der Waals surface area contributed by atoms with Crippen molar-refractivity contribution in [1.29, 1.82) is 0 Å². The maximum Gasteiger partial charge on any atom is 0.410 e. The second kappa shape index (κ2) is 7.13. The van der Waals surface area contributed by atoms with Gasteiger partial charge in [0, 0.05) is 18.6 Å². The van der Waals surface area contributed by atoms with Gasteiger partial charge in [-0.3, -0.25) is 0 Å². The van der Waals surface area contributed by atoms with E-state index < -0.39 is 5.60 Å². The first-order chi connectivity index (χ1) is 8.79. The van der Waals surface area contributed by atoms with Crippen LogP contribution in [-0.2, 0) is 4.74 Å². The number of rotatable bonds is 3. The van der Waals surface area contributed by atoms with Crippen molar-refractivity contribution in [3.05, 3.63) is 0 Å². The van der Waals surface area contributed by atoms with E-state index in [0.29, 0.717) is 6.04 Å². The molecule has 0 aromatic heterocycles. The summed E-state index contributed by atoms with van der Waals surface area (Å²) in [6.45, 7) is 8.59. The van der Waals surface area contributed by atoms with E-state index in [1.807, 2.05) is 32.6 Å². The standard InChI is InChI=1S/C15H30N2O2/c1-12(16)9-10-13-8-6-5-7-11-17(13)14(18)19-15(2,3)4/h12-13H,5-11,16H2,1-4H3. The number of likely N-dealkylation sites (tertiary alicyclic amines) is 1. The molecule has 112 valence electrons. The molecule has 0 radical (unpaired) electrons. The normalized spacial score (nSPS) is 22.8. The minimum Gasteiger partial charge on any atom is -0.444 e. The third-order valence-electron chi connectivity index (χ3n) is 3.46. The Morgan fingerprint density at radius 3 is 2.63 bits per heavy atom. The number of amides is 1. The molecule has 0 aromatic carbocycles. The molecule has 1 rings (SSSR count). The second-order valence-electron chi connectivity index (χ2n) is 6.73. The van der Waals surface area contributed by atoms with Gasteiger partial charge in [0.2, 0.25) is 0 Å². The van der Waals surface area contributed by atoms with Crippen molar-refractivity contribution in [3.8, 4) is 0 Å². The number of nitrogens with zero attached hydrogens (tertiary/aromatic N) is 1. The first kappa shape index (κ1) is 16.3. The van der Waals surface area contributed by atoms with Crippen molar-refractivity contribution in [2.45, 2.75) is 83.9 Å². The molecule has 2 N–H and O–H groups in total. The fourth-order valence-corrected chi connectivity index (χ4v) is 2.49. The number of hydrogen-bond acceptors (Lipinski definition) is 3. The van der Waals surface area contributed by atoms with E-state index in [2.05, 4.69) is 0 Å². The number of nitrogens with two attached hydrogens (primary N) is 1. The first-order valence-corrected chi connectivity index (χ1v) is 7.55. The highest BCUT2D eigenvalue weighted by molar-refractivity contribution is 5.68. The number of carbonyl (C=O) groups excluding carboxylic acids is 1. The van der Waals surface area contributed by atoms with Crippen molar-refractivity contribution in [3.63, 3.8) is 0 Å². The molecule has 2 unspecified atom stereocenters. The summed E-state index contributed by atoms with van der Waals surface area (Å²) in [7, 11) is 0. The van der Waals surface area contributed by atoms with E-state index in [1.165, 1.54) is 12.8 Å². The fraction of sp³-hybridized carbons (Fsp3) is 0.933. The molecule has 0 aromatic rings. The van der Waals surface area contributed by atoms with E-state index in [0.717, 1.165) is 32.2 Å². The molecule has 0 bridgehead atoms. The second-order valence-corrected chi connectivity index (χ2v) is 6.73. The molecular formula is C15H30N2O2. The van der Waals surface area contributed by atoms with Crippen molar-refractivity contribution in [2.75, 3.05) is 6.54 Å². The van der Waals surface area contributed by atoms with Crippen molar-refractivity contribution in [1.82, 2.24) is 4.90 Å². The highest BCUT2D eigenvalue weighted by Crippen LogP contribution is 2.23. The number of hydrogen-bond donors (Lipinski definition) is 1. The van der Waals surface area contributed by atoms with E-state index in [9.17, 15) is 4.79 Å². The zero-order valence-electron chi connectivity index (χ0n) is 12.9. The Balaban J connectivity index is 2.64. The molecule has 1 aliphatic heterocycles. The monoisotopic (exact) mass is 270 g/mol. The molecule has 0 saturated carbocycles. The van der Waals surface area contributed by atoms with E-state index in [-0.39, 0.29) is 12.1 Å². The predicted octanol–water partition coefficient (Wildman–Crippen LogP) is 3.29. The highest BCUT2D eigenvalue weighted by atomic mass is 16.6. The Hall–Kier alpha value is -0.770. The van der Waals surface area contributed by atoms with E-state index in [4.69, 9.17) is 10.5 Å². The van der Waals surface area contributed by atoms with Crippen LogP contribution in [0.3, 0.4) is 0 Å². The third-order valence-corrected chi connectivity index (χ3v) is 3.46. The van der Waals surface area contributed by atoms with Gasteiger partial charge in [-0.15, -0.1) is 0 Å². The van der Waals surface area contributed by atoms with Crippen LogP contribution in [0.25, 0.3) is 0 Å². The average molecular weight is 270 g/mol. The average Bonchev–Trinajstić information content (AvgIpc) is 2.48. The molecule has 4 heteroatoms. The Morgan fingerprint density at radius 2 is 2.05 bits per heavy atom. The van der Waals surface area contributed by atoms with Crippen LogP contribution in [-0.4, -0.2) is 35.2 Å². The van der Waals surface area contributed by atoms with Crippen LogP contribution in [0.2, 0.25) is 0 Å². The summed E-state index contributed by atoms with van der Waals surface area (Å²) in [6.07, 6.45) is 6.33. The van der Waals surface area contributed by atoms with Crippen LogP contribution in [0, 0.1) is 0 Å². The van der Waals surface area contributed by atoms with Gasteiger partial charge in [0.25, 0.3) is 0 Å². The summed E-state index contributed by atoms with van der Waals surface area (Å²) in [5.74, 6) is 0. The van der Waals surface area contributed by atoms with Gasteiger partial charge in [0.05, 0.1) is 0 Å². The van der Waals surface area contributed by atoms with Crippen LogP contribution < -0.4 is 5.73 Å². The highest BCUT2D eigenvalue weighted by Gasteiger charge is 2.29. The van der Waals surface area contributed by atoms with Gasteiger partial charge < -0.3 is 15.4 Å². The van der Waals surface area contributed by atoms with Crippen molar-refractivity contribution in [2.24, 2.45) is 5.73 Å². The van der Waals surface area contributed by atoms with Gasteiger partial charge in [0.15, 0.2) is 0 Å². The Labute approximate surface area is 117 Å². The lowest BCUT2D eigenvalue weighted by atomic mass is 10.0. The molecule has 1 fully saturated rings. The van der Waals surface area contributed by atoms with Crippen LogP contribution in [0.4, 0.5) is 4.79 Å². The van der Waals surface area contributed by atoms with Crippen LogP contribution in [0.15, 0.2) is 0 Å². The Kier molecular flexibility index (Phi) is 6.11. The molecule has 1 aliphatic rings. The van der Waals surface area contributed by atoms with Crippen LogP contribution in [0.5, 0.6) is 0 Å². The lowest BCUT2D eigenvalue weighted by molar-refractivity contribution is 0.0155. The molecule has 19 heavy (non-hydrogen) atoms. The maximum atomic E-state index is 12.3. The van der Waals surface area contributed by atoms with Crippen molar-refractivity contribution < 1.29 is 9.53 Å².